The third kappa shape index (κ3) is 2.29. The Morgan fingerprint density at radius 2 is 1.85 bits per heavy atom. The maximum absolute atomic E-state index is 13.4. The van der Waals surface area contributed by atoms with Gasteiger partial charge in [-0.2, -0.15) is 0 Å². The van der Waals surface area contributed by atoms with Crippen molar-refractivity contribution in [1.82, 2.24) is 4.57 Å². The first-order chi connectivity index (χ1) is 9.49. The fourth-order valence-electron chi connectivity index (χ4n) is 2.08. The van der Waals surface area contributed by atoms with E-state index in [1.807, 2.05) is 0 Å². The second-order valence-corrected chi connectivity index (χ2v) is 4.14. The van der Waals surface area contributed by atoms with Crippen LogP contribution in [0.15, 0.2) is 23.0 Å². The Morgan fingerprint density at radius 1 is 1.20 bits per heavy atom. The minimum atomic E-state index is -1.10. The lowest BCUT2D eigenvalue weighted by Crippen LogP contribution is -2.20. The third-order valence-corrected chi connectivity index (χ3v) is 2.95. The van der Waals surface area contributed by atoms with E-state index in [1.54, 1.807) is 13.8 Å². The summed E-state index contributed by atoms with van der Waals surface area (Å²) in [4.78, 5) is 23.8. The zero-order valence-electron chi connectivity index (χ0n) is 11.1. The number of carbonyl (C=O) groups excluding carboxylic acids is 1. The molecule has 1 heterocycles. The van der Waals surface area contributed by atoms with Gasteiger partial charge < -0.3 is 9.30 Å². The van der Waals surface area contributed by atoms with E-state index in [2.05, 4.69) is 0 Å². The van der Waals surface area contributed by atoms with Crippen molar-refractivity contribution in [1.29, 1.82) is 0 Å². The second-order valence-electron chi connectivity index (χ2n) is 4.14. The highest BCUT2D eigenvalue weighted by Crippen LogP contribution is 2.18. The molecule has 1 aromatic carbocycles. The largest absolute Gasteiger partial charge is 0.461 e. The maximum Gasteiger partial charge on any atom is 0.355 e. The molecule has 20 heavy (non-hydrogen) atoms. The monoisotopic (exact) mass is 281 g/mol. The number of benzene rings is 1. The summed E-state index contributed by atoms with van der Waals surface area (Å²) >= 11 is 0. The molecule has 0 saturated heterocycles. The zero-order valence-corrected chi connectivity index (χ0v) is 11.1. The van der Waals surface area contributed by atoms with Crippen molar-refractivity contribution in [3.8, 4) is 0 Å². The molecule has 2 aromatic rings. The number of fused-ring (bicyclic) bond motifs is 1. The normalized spacial score (nSPS) is 10.8. The lowest BCUT2D eigenvalue weighted by Gasteiger charge is -2.14. The fraction of sp³-hybridized carbons (Fsp3) is 0.286. The first-order valence-electron chi connectivity index (χ1n) is 6.19. The van der Waals surface area contributed by atoms with E-state index in [1.165, 1.54) is 4.57 Å². The Morgan fingerprint density at radius 3 is 2.45 bits per heavy atom. The molecule has 1 aromatic heterocycles. The summed E-state index contributed by atoms with van der Waals surface area (Å²) < 4.78 is 32.9. The maximum atomic E-state index is 13.4. The molecule has 106 valence electrons. The van der Waals surface area contributed by atoms with Gasteiger partial charge in [0, 0.05) is 24.1 Å². The highest BCUT2D eigenvalue weighted by atomic mass is 19.2. The fourth-order valence-corrected chi connectivity index (χ4v) is 2.08. The number of hydrogen-bond donors (Lipinski definition) is 0. The number of aromatic nitrogens is 1. The molecule has 0 amide bonds. The SMILES string of the molecule is CCOC(=O)c1cc(=O)c2cc(F)c(F)cc2n1CC. The molecular formula is C14H13F2NO3. The van der Waals surface area contributed by atoms with Gasteiger partial charge in [-0.25, -0.2) is 13.6 Å². The molecule has 6 heteroatoms. The predicted molar refractivity (Wildman–Crippen MR) is 69.8 cm³/mol. The Bertz CT molecular complexity index is 737. The number of carbonyl (C=O) groups is 1. The molecule has 0 bridgehead atoms. The van der Waals surface area contributed by atoms with Gasteiger partial charge in [0.2, 0.25) is 0 Å². The lowest BCUT2D eigenvalue weighted by molar-refractivity contribution is 0.0513. The third-order valence-electron chi connectivity index (χ3n) is 2.95. The van der Waals surface area contributed by atoms with Crippen LogP contribution in [0.25, 0.3) is 10.9 Å². The van der Waals surface area contributed by atoms with E-state index in [0.717, 1.165) is 18.2 Å². The van der Waals surface area contributed by atoms with Crippen molar-refractivity contribution >= 4 is 16.9 Å². The molecule has 0 aliphatic heterocycles. The van der Waals surface area contributed by atoms with Crippen molar-refractivity contribution in [3.63, 3.8) is 0 Å². The van der Waals surface area contributed by atoms with Gasteiger partial charge in [0.15, 0.2) is 17.1 Å². The molecule has 2 rings (SSSR count). The molecule has 0 radical (unpaired) electrons. The van der Waals surface area contributed by atoms with Crippen molar-refractivity contribution in [3.05, 3.63) is 45.8 Å². The molecular weight excluding hydrogens is 268 g/mol. The molecule has 0 aliphatic rings. The smallest absolute Gasteiger partial charge is 0.355 e. The number of halogens is 2. The van der Waals surface area contributed by atoms with E-state index in [9.17, 15) is 18.4 Å². The van der Waals surface area contributed by atoms with Gasteiger partial charge in [-0.1, -0.05) is 0 Å². The standard InChI is InChI=1S/C14H13F2NO3/c1-3-17-11-6-10(16)9(15)5-8(11)13(18)7-12(17)14(19)20-4-2/h5-7H,3-4H2,1-2H3. The summed E-state index contributed by atoms with van der Waals surface area (Å²) in [7, 11) is 0. The van der Waals surface area contributed by atoms with Crippen molar-refractivity contribution in [2.45, 2.75) is 20.4 Å². The predicted octanol–water partition coefficient (Wildman–Crippen LogP) is 2.48. The Hall–Kier alpha value is -2.24. The number of nitrogens with zero attached hydrogens (tertiary/aromatic N) is 1. The Labute approximate surface area is 113 Å². The van der Waals surface area contributed by atoms with Crippen LogP contribution in [0, 0.1) is 11.6 Å². The van der Waals surface area contributed by atoms with E-state index >= 15 is 0 Å². The van der Waals surface area contributed by atoms with Crippen molar-refractivity contribution < 1.29 is 18.3 Å². The van der Waals surface area contributed by atoms with Gasteiger partial charge in [-0.15, -0.1) is 0 Å². The van der Waals surface area contributed by atoms with E-state index in [-0.39, 0.29) is 23.2 Å². The van der Waals surface area contributed by atoms with Crippen LogP contribution < -0.4 is 5.43 Å². The van der Waals surface area contributed by atoms with Crippen LogP contribution in [0.3, 0.4) is 0 Å². The average Bonchev–Trinajstić information content (AvgIpc) is 2.41. The van der Waals surface area contributed by atoms with Crippen LogP contribution in [0.5, 0.6) is 0 Å². The quantitative estimate of drug-likeness (QED) is 0.812. The van der Waals surface area contributed by atoms with Crippen LogP contribution in [-0.4, -0.2) is 17.1 Å². The van der Waals surface area contributed by atoms with Gasteiger partial charge in [0.1, 0.15) is 5.69 Å². The highest BCUT2D eigenvalue weighted by Gasteiger charge is 2.17. The molecule has 4 nitrogen and oxygen atoms in total. The first-order valence-corrected chi connectivity index (χ1v) is 6.19. The van der Waals surface area contributed by atoms with Crippen molar-refractivity contribution in [2.75, 3.05) is 6.61 Å². The van der Waals surface area contributed by atoms with Gasteiger partial charge in [-0.3, -0.25) is 4.79 Å². The van der Waals surface area contributed by atoms with Gasteiger partial charge >= 0.3 is 5.97 Å². The summed E-state index contributed by atoms with van der Waals surface area (Å²) in [5.41, 5.74) is -0.355. The summed E-state index contributed by atoms with van der Waals surface area (Å²) in [6, 6.07) is 2.84. The summed E-state index contributed by atoms with van der Waals surface area (Å²) in [6.45, 7) is 3.85. The number of hydrogen-bond acceptors (Lipinski definition) is 3. The van der Waals surface area contributed by atoms with E-state index < -0.39 is 23.0 Å². The number of esters is 1. The Balaban J connectivity index is 2.83. The minimum Gasteiger partial charge on any atom is -0.461 e. The minimum absolute atomic E-state index is 0.0258. The van der Waals surface area contributed by atoms with Gasteiger partial charge in [0.25, 0.3) is 0 Å². The summed E-state index contributed by atoms with van der Waals surface area (Å²) in [5, 5.41) is 0.0267. The summed E-state index contributed by atoms with van der Waals surface area (Å²) in [6.07, 6.45) is 0. The molecule has 0 unspecified atom stereocenters. The average molecular weight is 281 g/mol. The van der Waals surface area contributed by atoms with Crippen LogP contribution in [-0.2, 0) is 11.3 Å². The number of ether oxygens (including phenoxy) is 1. The molecule has 0 N–H and O–H groups in total. The zero-order chi connectivity index (χ0) is 14.9. The molecule has 0 fully saturated rings. The van der Waals surface area contributed by atoms with Crippen LogP contribution in [0.2, 0.25) is 0 Å². The van der Waals surface area contributed by atoms with Gasteiger partial charge in [-0.05, 0) is 19.9 Å². The molecule has 0 atom stereocenters. The Kier molecular flexibility index (Phi) is 3.83. The second kappa shape index (κ2) is 5.40. The van der Waals surface area contributed by atoms with E-state index in [0.29, 0.717) is 6.54 Å². The van der Waals surface area contributed by atoms with Gasteiger partial charge in [0.05, 0.1) is 12.1 Å². The number of pyridine rings is 1. The van der Waals surface area contributed by atoms with Crippen LogP contribution >= 0.6 is 0 Å². The van der Waals surface area contributed by atoms with E-state index in [4.69, 9.17) is 4.74 Å². The number of rotatable bonds is 3. The first kappa shape index (κ1) is 14.2. The molecule has 0 aliphatic carbocycles. The molecule has 0 saturated carbocycles. The van der Waals surface area contributed by atoms with Crippen molar-refractivity contribution in [2.24, 2.45) is 0 Å². The molecule has 0 spiro atoms. The summed E-state index contributed by atoms with van der Waals surface area (Å²) in [5.74, 6) is -2.83. The highest BCUT2D eigenvalue weighted by molar-refractivity contribution is 5.91. The van der Waals surface area contributed by atoms with Crippen LogP contribution in [0.1, 0.15) is 24.3 Å². The topological polar surface area (TPSA) is 48.3 Å². The lowest BCUT2D eigenvalue weighted by atomic mass is 10.1. The number of aryl methyl sites for hydroxylation is 1. The van der Waals surface area contributed by atoms with Crippen LogP contribution in [0.4, 0.5) is 8.78 Å².